The van der Waals surface area contributed by atoms with Crippen molar-refractivity contribution >= 4 is 22.1 Å². The van der Waals surface area contributed by atoms with Crippen LogP contribution in [0.5, 0.6) is 0 Å². The summed E-state index contributed by atoms with van der Waals surface area (Å²) in [5.41, 5.74) is 7.55. The number of nitrogens with zero attached hydrogens (tertiary/aromatic N) is 4. The molecule has 0 saturated carbocycles. The zero-order chi connectivity index (χ0) is 16.2. The molecule has 3 rings (SSSR count). The fourth-order valence-electron chi connectivity index (χ4n) is 2.66. The first-order chi connectivity index (χ1) is 11.2. The Bertz CT molecular complexity index is 837. The van der Waals surface area contributed by atoms with Gasteiger partial charge < -0.3 is 4.57 Å². The zero-order valence-corrected chi connectivity index (χ0v) is 13.7. The van der Waals surface area contributed by atoms with E-state index >= 15 is 0 Å². The monoisotopic (exact) mass is 311 g/mol. The Morgan fingerprint density at radius 1 is 1.30 bits per heavy atom. The summed E-state index contributed by atoms with van der Waals surface area (Å²) in [7, 11) is 1.59. The molecule has 3 heterocycles. The van der Waals surface area contributed by atoms with Crippen molar-refractivity contribution in [2.45, 2.75) is 32.7 Å². The standard InChI is InChI=1S/C17H21N5O/c1-12(2)14-16-17(15-13(21-14)7-6-8-18-15)22(11-19-16)10-5-4-9-20-23-3/h4,6-9,11-12,20H,5,10H2,1-3H3. The van der Waals surface area contributed by atoms with Crippen LogP contribution in [0.1, 0.15) is 31.9 Å². The molecule has 1 N–H and O–H groups in total. The number of hydrogen-bond acceptors (Lipinski definition) is 5. The molecule has 0 fully saturated rings. The predicted octanol–water partition coefficient (Wildman–Crippen LogP) is 3.16. The highest BCUT2D eigenvalue weighted by atomic mass is 16.6. The van der Waals surface area contributed by atoms with Gasteiger partial charge in [-0.1, -0.05) is 19.9 Å². The van der Waals surface area contributed by atoms with Gasteiger partial charge in [0.25, 0.3) is 0 Å². The molecule has 3 aromatic heterocycles. The molecule has 0 saturated heterocycles. The van der Waals surface area contributed by atoms with Gasteiger partial charge in [0.1, 0.15) is 11.0 Å². The number of allylic oxidation sites excluding steroid dienone is 1. The molecule has 0 bridgehead atoms. The van der Waals surface area contributed by atoms with E-state index in [1.807, 2.05) is 24.5 Å². The fourth-order valence-corrected chi connectivity index (χ4v) is 2.66. The van der Waals surface area contributed by atoms with Crippen LogP contribution in [0.2, 0.25) is 0 Å². The van der Waals surface area contributed by atoms with E-state index in [4.69, 9.17) is 9.82 Å². The van der Waals surface area contributed by atoms with Crippen LogP contribution in [0.25, 0.3) is 22.1 Å². The molecule has 0 aliphatic heterocycles. The van der Waals surface area contributed by atoms with E-state index < -0.39 is 0 Å². The molecular weight excluding hydrogens is 290 g/mol. The molecule has 0 aromatic carbocycles. The number of rotatable bonds is 6. The van der Waals surface area contributed by atoms with E-state index in [0.29, 0.717) is 5.92 Å². The Kier molecular flexibility index (Phi) is 4.52. The SMILES string of the molecule is CONC=CCCn1cnc2c(C(C)C)nc3cccnc3c21. The number of fused-ring (bicyclic) bond motifs is 3. The maximum Gasteiger partial charge on any atom is 0.115 e. The van der Waals surface area contributed by atoms with E-state index in [0.717, 1.165) is 40.7 Å². The van der Waals surface area contributed by atoms with Crippen molar-refractivity contribution in [2.75, 3.05) is 7.11 Å². The predicted molar refractivity (Wildman–Crippen MR) is 90.8 cm³/mol. The summed E-state index contributed by atoms with van der Waals surface area (Å²) in [5.74, 6) is 0.316. The quantitative estimate of drug-likeness (QED) is 0.708. The lowest BCUT2D eigenvalue weighted by molar-refractivity contribution is 0.128. The van der Waals surface area contributed by atoms with Gasteiger partial charge in [-0.25, -0.2) is 9.97 Å². The molecule has 6 heteroatoms. The third kappa shape index (κ3) is 3.03. The molecule has 0 aliphatic carbocycles. The lowest BCUT2D eigenvalue weighted by Crippen LogP contribution is -2.02. The van der Waals surface area contributed by atoms with Crippen LogP contribution in [0, 0.1) is 0 Å². The Morgan fingerprint density at radius 3 is 2.96 bits per heavy atom. The van der Waals surface area contributed by atoms with Crippen molar-refractivity contribution < 1.29 is 4.84 Å². The molecule has 0 unspecified atom stereocenters. The number of pyridine rings is 2. The summed E-state index contributed by atoms with van der Waals surface area (Å²) in [5, 5.41) is 0. The Labute approximate surface area is 135 Å². The van der Waals surface area contributed by atoms with Gasteiger partial charge in [0.2, 0.25) is 0 Å². The molecular formula is C17H21N5O. The number of hydrogen-bond donors (Lipinski definition) is 1. The largest absolute Gasteiger partial charge is 0.328 e. The van der Waals surface area contributed by atoms with Crippen molar-refractivity contribution in [1.82, 2.24) is 25.0 Å². The molecule has 0 aliphatic rings. The summed E-state index contributed by atoms with van der Waals surface area (Å²) >= 11 is 0. The highest BCUT2D eigenvalue weighted by Crippen LogP contribution is 2.28. The second kappa shape index (κ2) is 6.75. The summed E-state index contributed by atoms with van der Waals surface area (Å²) in [6.07, 6.45) is 8.36. The van der Waals surface area contributed by atoms with Gasteiger partial charge >= 0.3 is 0 Å². The van der Waals surface area contributed by atoms with Crippen molar-refractivity contribution in [1.29, 1.82) is 0 Å². The maximum atomic E-state index is 4.77. The number of imidazole rings is 1. The second-order valence-electron chi connectivity index (χ2n) is 5.67. The summed E-state index contributed by atoms with van der Waals surface area (Å²) < 4.78 is 2.15. The molecule has 0 atom stereocenters. The Hall–Kier alpha value is -2.47. The normalized spacial score (nSPS) is 12.0. The van der Waals surface area contributed by atoms with Gasteiger partial charge in [0.05, 0.1) is 30.2 Å². The van der Waals surface area contributed by atoms with Gasteiger partial charge in [0.15, 0.2) is 0 Å². The first-order valence-electron chi connectivity index (χ1n) is 7.75. The van der Waals surface area contributed by atoms with Crippen molar-refractivity contribution in [3.63, 3.8) is 0 Å². The van der Waals surface area contributed by atoms with Crippen molar-refractivity contribution in [2.24, 2.45) is 0 Å². The molecule has 120 valence electrons. The Balaban J connectivity index is 2.06. The Morgan fingerprint density at radius 2 is 2.17 bits per heavy atom. The van der Waals surface area contributed by atoms with Crippen molar-refractivity contribution in [3.8, 4) is 0 Å². The van der Waals surface area contributed by atoms with E-state index in [1.54, 1.807) is 19.5 Å². The van der Waals surface area contributed by atoms with E-state index in [-0.39, 0.29) is 0 Å². The minimum Gasteiger partial charge on any atom is -0.328 e. The van der Waals surface area contributed by atoms with Gasteiger partial charge in [-0.2, -0.15) is 0 Å². The van der Waals surface area contributed by atoms with Gasteiger partial charge in [0, 0.05) is 18.9 Å². The zero-order valence-electron chi connectivity index (χ0n) is 13.7. The van der Waals surface area contributed by atoms with Gasteiger partial charge in [-0.05, 0) is 24.5 Å². The van der Waals surface area contributed by atoms with E-state index in [9.17, 15) is 0 Å². The third-order valence-corrected chi connectivity index (χ3v) is 3.72. The average Bonchev–Trinajstić information content (AvgIpc) is 2.98. The molecule has 0 amide bonds. The molecule has 3 aromatic rings. The van der Waals surface area contributed by atoms with E-state index in [1.165, 1.54) is 0 Å². The minimum atomic E-state index is 0.316. The molecule has 0 spiro atoms. The summed E-state index contributed by atoms with van der Waals surface area (Å²) in [4.78, 5) is 18.7. The topological polar surface area (TPSA) is 64.9 Å². The number of aryl methyl sites for hydroxylation is 1. The van der Waals surface area contributed by atoms with Crippen LogP contribution >= 0.6 is 0 Å². The maximum absolute atomic E-state index is 4.77. The van der Waals surface area contributed by atoms with Crippen molar-refractivity contribution in [3.05, 3.63) is 42.6 Å². The number of hydroxylamine groups is 1. The molecule has 0 radical (unpaired) electrons. The van der Waals surface area contributed by atoms with Crippen LogP contribution in [0.3, 0.4) is 0 Å². The van der Waals surface area contributed by atoms with Crippen LogP contribution in [-0.4, -0.2) is 26.6 Å². The van der Waals surface area contributed by atoms with E-state index in [2.05, 4.69) is 33.9 Å². The lowest BCUT2D eigenvalue weighted by Gasteiger charge is -2.09. The van der Waals surface area contributed by atoms with Crippen LogP contribution < -0.4 is 5.48 Å². The van der Waals surface area contributed by atoms with Crippen LogP contribution in [0.15, 0.2) is 36.9 Å². The van der Waals surface area contributed by atoms with Crippen LogP contribution in [-0.2, 0) is 11.4 Å². The number of nitrogens with one attached hydrogen (secondary N) is 1. The highest BCUT2D eigenvalue weighted by Gasteiger charge is 2.16. The molecule has 23 heavy (non-hydrogen) atoms. The van der Waals surface area contributed by atoms with Crippen LogP contribution in [0.4, 0.5) is 0 Å². The lowest BCUT2D eigenvalue weighted by atomic mass is 10.1. The summed E-state index contributed by atoms with van der Waals surface area (Å²) in [6.45, 7) is 5.11. The third-order valence-electron chi connectivity index (χ3n) is 3.72. The highest BCUT2D eigenvalue weighted by molar-refractivity contribution is 6.00. The first-order valence-corrected chi connectivity index (χ1v) is 7.75. The van der Waals surface area contributed by atoms with Gasteiger partial charge in [-0.3, -0.25) is 15.3 Å². The smallest absolute Gasteiger partial charge is 0.115 e. The first kappa shape index (κ1) is 15.4. The second-order valence-corrected chi connectivity index (χ2v) is 5.67. The fraction of sp³-hybridized carbons (Fsp3) is 0.353. The number of aromatic nitrogens is 4. The summed E-state index contributed by atoms with van der Waals surface area (Å²) in [6, 6.07) is 3.93. The van der Waals surface area contributed by atoms with Gasteiger partial charge in [-0.15, -0.1) is 0 Å². The molecule has 6 nitrogen and oxygen atoms in total. The minimum absolute atomic E-state index is 0.316. The average molecular weight is 311 g/mol.